The second-order valence-electron chi connectivity index (χ2n) is 9.28. The maximum absolute atomic E-state index is 13.7. The molecule has 0 saturated heterocycles. The number of carbonyl (C=O) groups is 2. The molecule has 0 spiro atoms. The summed E-state index contributed by atoms with van der Waals surface area (Å²) in [5.74, 6) is -0.780. The maximum Gasteiger partial charge on any atom is 0.240 e. The van der Waals surface area contributed by atoms with E-state index >= 15 is 0 Å². The number of amides is 2. The van der Waals surface area contributed by atoms with Crippen LogP contribution in [0, 0.1) is 13.8 Å². The number of carbonyl (C=O) groups excluding carboxylic acids is 2. The van der Waals surface area contributed by atoms with Crippen molar-refractivity contribution in [2.45, 2.75) is 38.1 Å². The van der Waals surface area contributed by atoms with E-state index < -0.39 is 17.4 Å². The van der Waals surface area contributed by atoms with Gasteiger partial charge in [0.05, 0.1) is 5.41 Å². The monoisotopic (exact) mass is 476 g/mol. The molecule has 2 amide bonds. The van der Waals surface area contributed by atoms with Gasteiger partial charge in [-0.3, -0.25) is 9.59 Å². The summed E-state index contributed by atoms with van der Waals surface area (Å²) >= 11 is 0. The van der Waals surface area contributed by atoms with E-state index in [0.29, 0.717) is 6.42 Å². The average molecular weight is 477 g/mol. The third kappa shape index (κ3) is 5.23. The summed E-state index contributed by atoms with van der Waals surface area (Å²) in [5.41, 5.74) is 11.2. The summed E-state index contributed by atoms with van der Waals surface area (Å²) in [7, 11) is 0. The Morgan fingerprint density at radius 1 is 0.694 bits per heavy atom. The lowest BCUT2D eigenvalue weighted by Gasteiger charge is -2.36. The van der Waals surface area contributed by atoms with Crippen LogP contribution >= 0.6 is 0 Å². The van der Waals surface area contributed by atoms with Gasteiger partial charge in [0.25, 0.3) is 0 Å². The fraction of sp³-hybridized carbons (Fsp3) is 0.188. The van der Waals surface area contributed by atoms with Crippen LogP contribution in [0.25, 0.3) is 0 Å². The van der Waals surface area contributed by atoms with Crippen LogP contribution in [0.4, 0.5) is 0 Å². The molecule has 0 saturated carbocycles. The van der Waals surface area contributed by atoms with Crippen LogP contribution in [0.2, 0.25) is 0 Å². The summed E-state index contributed by atoms with van der Waals surface area (Å²) in [6.07, 6.45) is 0.482. The standard InChI is InChI=1S/C32H32N2O2/c1-23-13-12-14-24(2)28(23)21-29(31(33)36)34-30(35)22-32(25-15-6-3-7-16-25,26-17-8-4-9-18-26)27-19-10-5-11-20-27/h3-20,29H,21-22H2,1-2H3,(H2,33,36)(H,34,35)/t29-/m1/s1. The molecule has 4 nitrogen and oxygen atoms in total. The SMILES string of the molecule is Cc1cccc(C)c1C[C@@H](NC(=O)CC(c1ccccc1)(c1ccccc1)c1ccccc1)C(N)=O. The van der Waals surface area contributed by atoms with Gasteiger partial charge < -0.3 is 11.1 Å². The van der Waals surface area contributed by atoms with Crippen molar-refractivity contribution < 1.29 is 9.59 Å². The molecule has 0 radical (unpaired) electrons. The van der Waals surface area contributed by atoms with E-state index in [2.05, 4.69) is 41.7 Å². The molecule has 4 heteroatoms. The lowest BCUT2D eigenvalue weighted by atomic mass is 9.67. The normalized spacial score (nSPS) is 12.1. The van der Waals surface area contributed by atoms with Crippen LogP contribution < -0.4 is 11.1 Å². The van der Waals surface area contributed by atoms with Crippen LogP contribution in [0.15, 0.2) is 109 Å². The van der Waals surface area contributed by atoms with E-state index in [-0.39, 0.29) is 12.3 Å². The van der Waals surface area contributed by atoms with E-state index in [0.717, 1.165) is 33.4 Å². The van der Waals surface area contributed by atoms with Gasteiger partial charge in [0.2, 0.25) is 11.8 Å². The highest BCUT2D eigenvalue weighted by molar-refractivity contribution is 5.88. The summed E-state index contributed by atoms with van der Waals surface area (Å²) in [6, 6.07) is 35.3. The number of primary amides is 1. The molecule has 182 valence electrons. The fourth-order valence-corrected chi connectivity index (χ4v) is 5.06. The second kappa shape index (κ2) is 11.0. The van der Waals surface area contributed by atoms with E-state index in [1.807, 2.05) is 86.6 Å². The molecule has 0 bridgehead atoms. The number of nitrogens with one attached hydrogen (secondary N) is 1. The molecule has 4 aromatic carbocycles. The first-order valence-corrected chi connectivity index (χ1v) is 12.2. The third-order valence-electron chi connectivity index (χ3n) is 6.96. The van der Waals surface area contributed by atoms with Crippen molar-refractivity contribution in [3.8, 4) is 0 Å². The Balaban J connectivity index is 1.74. The smallest absolute Gasteiger partial charge is 0.240 e. The summed E-state index contributed by atoms with van der Waals surface area (Å²) in [5, 5.41) is 2.97. The zero-order valence-electron chi connectivity index (χ0n) is 20.8. The largest absolute Gasteiger partial charge is 0.368 e. The molecule has 4 aromatic rings. The maximum atomic E-state index is 13.7. The highest BCUT2D eigenvalue weighted by atomic mass is 16.2. The summed E-state index contributed by atoms with van der Waals surface area (Å²) < 4.78 is 0. The first kappa shape index (κ1) is 24.9. The number of nitrogens with two attached hydrogens (primary N) is 1. The van der Waals surface area contributed by atoms with E-state index in [4.69, 9.17) is 5.73 Å². The minimum absolute atomic E-state index is 0.127. The predicted molar refractivity (Wildman–Crippen MR) is 145 cm³/mol. The number of hydrogen-bond acceptors (Lipinski definition) is 2. The average Bonchev–Trinajstić information content (AvgIpc) is 2.90. The van der Waals surface area contributed by atoms with Crippen LogP contribution in [-0.2, 0) is 21.4 Å². The van der Waals surface area contributed by atoms with Crippen molar-refractivity contribution in [3.63, 3.8) is 0 Å². The molecule has 0 heterocycles. The van der Waals surface area contributed by atoms with Gasteiger partial charge in [-0.15, -0.1) is 0 Å². The van der Waals surface area contributed by atoms with E-state index in [9.17, 15) is 9.59 Å². The first-order valence-electron chi connectivity index (χ1n) is 12.2. The third-order valence-corrected chi connectivity index (χ3v) is 6.96. The first-order chi connectivity index (χ1) is 17.4. The molecule has 3 N–H and O–H groups in total. The summed E-state index contributed by atoms with van der Waals surface area (Å²) in [4.78, 5) is 26.2. The lowest BCUT2D eigenvalue weighted by Crippen LogP contribution is -2.48. The zero-order valence-corrected chi connectivity index (χ0v) is 20.8. The Morgan fingerprint density at radius 2 is 1.11 bits per heavy atom. The highest BCUT2D eigenvalue weighted by Crippen LogP contribution is 2.42. The van der Waals surface area contributed by atoms with Gasteiger partial charge >= 0.3 is 0 Å². The molecule has 1 atom stereocenters. The molecule has 0 fully saturated rings. The number of benzene rings is 4. The van der Waals surface area contributed by atoms with Gasteiger partial charge in [-0.25, -0.2) is 0 Å². The molecule has 0 aromatic heterocycles. The number of aryl methyl sites for hydroxylation is 2. The molecule has 36 heavy (non-hydrogen) atoms. The molecule has 0 aliphatic carbocycles. The quantitative estimate of drug-likeness (QED) is 0.324. The highest BCUT2D eigenvalue weighted by Gasteiger charge is 2.39. The second-order valence-corrected chi connectivity index (χ2v) is 9.28. The predicted octanol–water partition coefficient (Wildman–Crippen LogP) is 5.24. The van der Waals surface area contributed by atoms with Crippen LogP contribution in [0.3, 0.4) is 0 Å². The van der Waals surface area contributed by atoms with Crippen molar-refractivity contribution in [3.05, 3.63) is 143 Å². The Labute approximate surface area is 213 Å². The van der Waals surface area contributed by atoms with Gasteiger partial charge in [-0.05, 0) is 47.2 Å². The zero-order chi connectivity index (χ0) is 25.5. The van der Waals surface area contributed by atoms with E-state index in [1.54, 1.807) is 0 Å². The topological polar surface area (TPSA) is 72.2 Å². The van der Waals surface area contributed by atoms with Gasteiger partial charge in [0.15, 0.2) is 0 Å². The van der Waals surface area contributed by atoms with Gasteiger partial charge in [0.1, 0.15) is 6.04 Å². The van der Waals surface area contributed by atoms with Gasteiger partial charge in [-0.2, -0.15) is 0 Å². The van der Waals surface area contributed by atoms with Gasteiger partial charge in [0, 0.05) is 12.8 Å². The Bertz CT molecular complexity index is 1200. The van der Waals surface area contributed by atoms with Crippen molar-refractivity contribution in [1.29, 1.82) is 0 Å². The Morgan fingerprint density at radius 3 is 1.50 bits per heavy atom. The molecular formula is C32H32N2O2. The lowest BCUT2D eigenvalue weighted by molar-refractivity contribution is -0.127. The van der Waals surface area contributed by atoms with Crippen LogP contribution in [0.5, 0.6) is 0 Å². The van der Waals surface area contributed by atoms with Crippen LogP contribution in [-0.4, -0.2) is 17.9 Å². The van der Waals surface area contributed by atoms with Gasteiger partial charge in [-0.1, -0.05) is 109 Å². The van der Waals surface area contributed by atoms with Crippen molar-refractivity contribution in [1.82, 2.24) is 5.32 Å². The summed E-state index contributed by atoms with van der Waals surface area (Å²) in [6.45, 7) is 4.01. The number of hydrogen-bond donors (Lipinski definition) is 2. The van der Waals surface area contributed by atoms with Crippen molar-refractivity contribution in [2.24, 2.45) is 5.73 Å². The Hall–Kier alpha value is -4.18. The molecule has 0 aliphatic rings. The minimum atomic E-state index is -0.808. The molecular weight excluding hydrogens is 444 g/mol. The Kier molecular flexibility index (Phi) is 7.65. The molecule has 0 unspecified atom stereocenters. The van der Waals surface area contributed by atoms with Crippen molar-refractivity contribution in [2.75, 3.05) is 0 Å². The minimum Gasteiger partial charge on any atom is -0.368 e. The van der Waals surface area contributed by atoms with E-state index in [1.165, 1.54) is 0 Å². The molecule has 0 aliphatic heterocycles. The molecule has 4 rings (SSSR count). The number of rotatable bonds is 9. The van der Waals surface area contributed by atoms with Crippen LogP contribution in [0.1, 0.15) is 39.8 Å². The fourth-order valence-electron chi connectivity index (χ4n) is 5.06. The van der Waals surface area contributed by atoms with Crippen molar-refractivity contribution >= 4 is 11.8 Å².